The minimum Gasteiger partial charge on any atom is -0.354 e. The van der Waals surface area contributed by atoms with Crippen LogP contribution < -0.4 is 15.5 Å². The maximum absolute atomic E-state index is 11.1. The second-order valence-corrected chi connectivity index (χ2v) is 6.27. The molecule has 0 saturated carbocycles. The van der Waals surface area contributed by atoms with Gasteiger partial charge in [0.15, 0.2) is 0 Å². The molecule has 0 amide bonds. The zero-order valence-corrected chi connectivity index (χ0v) is 12.9. The number of anilines is 3. The van der Waals surface area contributed by atoms with Gasteiger partial charge >= 0.3 is 0 Å². The van der Waals surface area contributed by atoms with Crippen LogP contribution in [0.5, 0.6) is 0 Å². The Kier molecular flexibility index (Phi) is 5.51. The fourth-order valence-electron chi connectivity index (χ4n) is 2.05. The van der Waals surface area contributed by atoms with Crippen LogP contribution in [0.1, 0.15) is 19.8 Å². The Labute approximate surface area is 122 Å². The smallest absolute Gasteiger partial charge is 0.231 e. The highest BCUT2D eigenvalue weighted by atomic mass is 32.2. The Morgan fingerprint density at radius 3 is 2.40 bits per heavy atom. The molecule has 7 nitrogen and oxygen atoms in total. The summed E-state index contributed by atoms with van der Waals surface area (Å²) in [6.07, 6.45) is 4.05. The molecule has 1 atom stereocenters. The van der Waals surface area contributed by atoms with Gasteiger partial charge in [0.2, 0.25) is 17.8 Å². The van der Waals surface area contributed by atoms with Crippen molar-refractivity contribution in [3.05, 3.63) is 0 Å². The average Bonchev–Trinajstić information content (AvgIpc) is 2.92. The second kappa shape index (κ2) is 7.37. The molecule has 1 unspecified atom stereocenters. The van der Waals surface area contributed by atoms with Gasteiger partial charge < -0.3 is 15.5 Å². The van der Waals surface area contributed by atoms with Crippen molar-refractivity contribution >= 4 is 28.6 Å². The first kappa shape index (κ1) is 15.0. The Balaban J connectivity index is 2.10. The molecule has 20 heavy (non-hydrogen) atoms. The first-order valence-electron chi connectivity index (χ1n) is 6.98. The molecule has 112 valence electrons. The van der Waals surface area contributed by atoms with Gasteiger partial charge in [0, 0.05) is 49.0 Å². The largest absolute Gasteiger partial charge is 0.354 e. The van der Waals surface area contributed by atoms with E-state index in [0.29, 0.717) is 30.1 Å². The van der Waals surface area contributed by atoms with E-state index in [0.717, 1.165) is 19.6 Å². The minimum atomic E-state index is -0.815. The van der Waals surface area contributed by atoms with Crippen LogP contribution in [0.2, 0.25) is 0 Å². The molecule has 1 aliphatic rings. The van der Waals surface area contributed by atoms with Crippen LogP contribution >= 0.6 is 0 Å². The van der Waals surface area contributed by atoms with Crippen molar-refractivity contribution in [1.29, 1.82) is 0 Å². The van der Waals surface area contributed by atoms with E-state index < -0.39 is 10.8 Å². The van der Waals surface area contributed by atoms with Gasteiger partial charge in [-0.3, -0.25) is 4.21 Å². The summed E-state index contributed by atoms with van der Waals surface area (Å²) in [5.74, 6) is 2.43. The number of nitrogens with one attached hydrogen (secondary N) is 2. The first-order valence-corrected chi connectivity index (χ1v) is 8.70. The molecule has 0 spiro atoms. The lowest BCUT2D eigenvalue weighted by atomic mass is 10.4. The third-order valence-corrected chi connectivity index (χ3v) is 3.80. The Hall–Kier alpha value is -1.44. The standard InChI is InChI=1S/C12H22N6OS/c1-3-13-10-15-11(14-6-9-20(2)19)17-12(16-10)18-7-4-5-8-18/h3-9H2,1-2H3,(H2,13,14,15,16,17). The predicted octanol–water partition coefficient (Wildman–Crippen LogP) is 0.694. The summed E-state index contributed by atoms with van der Waals surface area (Å²) in [6.45, 7) is 5.36. The summed E-state index contributed by atoms with van der Waals surface area (Å²) < 4.78 is 11.1. The van der Waals surface area contributed by atoms with Crippen molar-refractivity contribution in [3.8, 4) is 0 Å². The van der Waals surface area contributed by atoms with Crippen molar-refractivity contribution in [2.24, 2.45) is 0 Å². The average molecular weight is 298 g/mol. The fourth-order valence-corrected chi connectivity index (χ4v) is 2.44. The third-order valence-electron chi connectivity index (χ3n) is 3.02. The van der Waals surface area contributed by atoms with Crippen LogP contribution in [0.15, 0.2) is 0 Å². The number of rotatable bonds is 7. The fraction of sp³-hybridized carbons (Fsp3) is 0.750. The molecule has 8 heteroatoms. The van der Waals surface area contributed by atoms with E-state index >= 15 is 0 Å². The topological polar surface area (TPSA) is 83.0 Å². The number of nitrogens with zero attached hydrogens (tertiary/aromatic N) is 4. The molecule has 1 aromatic rings. The zero-order chi connectivity index (χ0) is 14.4. The van der Waals surface area contributed by atoms with Crippen LogP contribution in [-0.4, -0.2) is 57.3 Å². The number of hydrogen-bond donors (Lipinski definition) is 2. The van der Waals surface area contributed by atoms with E-state index in [2.05, 4.69) is 30.5 Å². The maximum atomic E-state index is 11.1. The lowest BCUT2D eigenvalue weighted by molar-refractivity contribution is 0.687. The van der Waals surface area contributed by atoms with Gasteiger partial charge in [0.1, 0.15) is 0 Å². The summed E-state index contributed by atoms with van der Waals surface area (Å²) in [5.41, 5.74) is 0. The first-order chi connectivity index (χ1) is 9.69. The molecule has 2 rings (SSSR count). The summed E-state index contributed by atoms with van der Waals surface area (Å²) >= 11 is 0. The molecule has 0 bridgehead atoms. The van der Waals surface area contributed by atoms with E-state index in [1.54, 1.807) is 6.26 Å². The molecule has 0 aromatic carbocycles. The van der Waals surface area contributed by atoms with Crippen molar-refractivity contribution in [2.45, 2.75) is 19.8 Å². The van der Waals surface area contributed by atoms with Crippen LogP contribution in [0.3, 0.4) is 0 Å². The monoisotopic (exact) mass is 298 g/mol. The summed E-state index contributed by atoms with van der Waals surface area (Å²) in [4.78, 5) is 15.4. The predicted molar refractivity (Wildman–Crippen MR) is 82.9 cm³/mol. The van der Waals surface area contributed by atoms with E-state index in [1.165, 1.54) is 12.8 Å². The summed E-state index contributed by atoms with van der Waals surface area (Å²) in [6, 6.07) is 0. The van der Waals surface area contributed by atoms with Crippen molar-refractivity contribution < 1.29 is 4.21 Å². The highest BCUT2D eigenvalue weighted by Crippen LogP contribution is 2.18. The molecule has 1 fully saturated rings. The van der Waals surface area contributed by atoms with Gasteiger partial charge in [0.05, 0.1) is 0 Å². The lowest BCUT2D eigenvalue weighted by Gasteiger charge is -2.17. The highest BCUT2D eigenvalue weighted by molar-refractivity contribution is 7.84. The van der Waals surface area contributed by atoms with Gasteiger partial charge in [-0.2, -0.15) is 15.0 Å². The maximum Gasteiger partial charge on any atom is 0.231 e. The van der Waals surface area contributed by atoms with E-state index in [9.17, 15) is 4.21 Å². The summed E-state index contributed by atoms with van der Waals surface area (Å²) in [5, 5.41) is 6.24. The molecular weight excluding hydrogens is 276 g/mol. The van der Waals surface area contributed by atoms with Crippen molar-refractivity contribution in [3.63, 3.8) is 0 Å². The van der Waals surface area contributed by atoms with Gasteiger partial charge in [-0.15, -0.1) is 0 Å². The number of hydrogen-bond acceptors (Lipinski definition) is 7. The SMILES string of the molecule is CCNc1nc(NCCS(C)=O)nc(N2CCCC2)n1. The zero-order valence-electron chi connectivity index (χ0n) is 12.1. The van der Waals surface area contributed by atoms with E-state index in [-0.39, 0.29) is 0 Å². The van der Waals surface area contributed by atoms with E-state index in [1.807, 2.05) is 6.92 Å². The lowest BCUT2D eigenvalue weighted by Crippen LogP contribution is -2.23. The van der Waals surface area contributed by atoms with Crippen LogP contribution in [0, 0.1) is 0 Å². The molecule has 2 heterocycles. The van der Waals surface area contributed by atoms with Gasteiger partial charge in [-0.25, -0.2) is 0 Å². The molecular formula is C12H22N6OS. The summed E-state index contributed by atoms with van der Waals surface area (Å²) in [7, 11) is -0.815. The molecule has 2 N–H and O–H groups in total. The van der Waals surface area contributed by atoms with Gasteiger partial charge in [0.25, 0.3) is 0 Å². The molecule has 1 aromatic heterocycles. The molecule has 1 aliphatic heterocycles. The van der Waals surface area contributed by atoms with Crippen LogP contribution in [0.4, 0.5) is 17.8 Å². The Morgan fingerprint density at radius 2 is 1.80 bits per heavy atom. The van der Waals surface area contributed by atoms with E-state index in [4.69, 9.17) is 0 Å². The van der Waals surface area contributed by atoms with Crippen LogP contribution in [0.25, 0.3) is 0 Å². The third kappa shape index (κ3) is 4.29. The van der Waals surface area contributed by atoms with Crippen molar-refractivity contribution in [2.75, 3.05) is 53.7 Å². The van der Waals surface area contributed by atoms with Crippen LogP contribution in [-0.2, 0) is 10.8 Å². The molecule has 0 aliphatic carbocycles. The second-order valence-electron chi connectivity index (χ2n) is 4.71. The van der Waals surface area contributed by atoms with Crippen molar-refractivity contribution in [1.82, 2.24) is 15.0 Å². The quantitative estimate of drug-likeness (QED) is 0.766. The Bertz CT molecular complexity index is 463. The normalized spacial score (nSPS) is 16.2. The molecule has 1 saturated heterocycles. The van der Waals surface area contributed by atoms with Gasteiger partial charge in [-0.05, 0) is 19.8 Å². The van der Waals surface area contributed by atoms with Gasteiger partial charge in [-0.1, -0.05) is 0 Å². The number of aromatic nitrogens is 3. The Morgan fingerprint density at radius 1 is 1.15 bits per heavy atom. The highest BCUT2D eigenvalue weighted by Gasteiger charge is 2.17. The molecule has 0 radical (unpaired) electrons. The minimum absolute atomic E-state index is 0.545.